The minimum atomic E-state index is -4.91. The van der Waals surface area contributed by atoms with Crippen LogP contribution in [0.3, 0.4) is 0 Å². The zero-order chi connectivity index (χ0) is 24.9. The van der Waals surface area contributed by atoms with Crippen LogP contribution in [0.2, 0.25) is 0 Å². The summed E-state index contributed by atoms with van der Waals surface area (Å²) < 4.78 is 81.0. The number of carbonyl (C=O) groups is 2. The first kappa shape index (κ1) is 24.6. The largest absolute Gasteiger partial charge is 0.573 e. The fraction of sp³-hybridized carbons (Fsp3) is 0.130. The van der Waals surface area contributed by atoms with Crippen LogP contribution in [0.15, 0.2) is 72.8 Å². The van der Waals surface area contributed by atoms with E-state index in [0.717, 1.165) is 24.3 Å². The zero-order valence-corrected chi connectivity index (χ0v) is 17.1. The number of ether oxygens (including phenoxy) is 1. The number of anilines is 1. The molecule has 0 saturated carbocycles. The normalized spacial score (nSPS) is 11.6. The number of nitrogens with one attached hydrogen (secondary N) is 2. The standard InChI is InChI=1S/C23H16F6N2O3/c24-22(25,26)18-10-3-2-9-17(18)21(33)31-16-8-5-7-14(12-16)20(32)30-13-15-6-1-4-11-19(15)34-23(27,28)29/h1-12H,13H2,(H,30,32)(H,31,33). The molecule has 0 aliphatic rings. The third-order valence-electron chi connectivity index (χ3n) is 4.50. The monoisotopic (exact) mass is 482 g/mol. The second kappa shape index (κ2) is 9.86. The van der Waals surface area contributed by atoms with Gasteiger partial charge < -0.3 is 15.4 Å². The molecule has 178 valence electrons. The van der Waals surface area contributed by atoms with Gasteiger partial charge in [-0.1, -0.05) is 36.4 Å². The number of rotatable bonds is 6. The van der Waals surface area contributed by atoms with Crippen LogP contribution in [0.25, 0.3) is 0 Å². The molecule has 0 aromatic heterocycles. The molecule has 34 heavy (non-hydrogen) atoms. The first-order valence-electron chi connectivity index (χ1n) is 9.63. The van der Waals surface area contributed by atoms with Gasteiger partial charge in [-0.15, -0.1) is 13.2 Å². The molecule has 3 aromatic rings. The number of benzene rings is 3. The number of carbonyl (C=O) groups excluding carboxylic acids is 2. The van der Waals surface area contributed by atoms with Gasteiger partial charge in [0.2, 0.25) is 0 Å². The lowest BCUT2D eigenvalue weighted by Crippen LogP contribution is -2.24. The van der Waals surface area contributed by atoms with E-state index in [1.165, 1.54) is 48.5 Å². The SMILES string of the molecule is O=C(NCc1ccccc1OC(F)(F)F)c1cccc(NC(=O)c2ccccc2C(F)(F)F)c1. The maximum atomic E-state index is 13.2. The molecule has 0 radical (unpaired) electrons. The zero-order valence-electron chi connectivity index (χ0n) is 17.1. The van der Waals surface area contributed by atoms with Gasteiger partial charge >= 0.3 is 12.5 Å². The Morgan fingerprint density at radius 1 is 0.794 bits per heavy atom. The molecule has 0 spiro atoms. The van der Waals surface area contributed by atoms with Gasteiger partial charge in [0.05, 0.1) is 11.1 Å². The van der Waals surface area contributed by atoms with Crippen LogP contribution < -0.4 is 15.4 Å². The van der Waals surface area contributed by atoms with Gasteiger partial charge in [0.1, 0.15) is 5.75 Å². The van der Waals surface area contributed by atoms with Crippen molar-refractivity contribution in [2.75, 3.05) is 5.32 Å². The van der Waals surface area contributed by atoms with E-state index in [1.807, 2.05) is 0 Å². The molecule has 0 unspecified atom stereocenters. The average molecular weight is 482 g/mol. The van der Waals surface area contributed by atoms with E-state index in [1.54, 1.807) is 0 Å². The lowest BCUT2D eigenvalue weighted by molar-refractivity contribution is -0.274. The number of hydrogen-bond donors (Lipinski definition) is 2. The van der Waals surface area contributed by atoms with Crippen LogP contribution in [0, 0.1) is 0 Å². The number of amides is 2. The van der Waals surface area contributed by atoms with E-state index in [4.69, 9.17) is 0 Å². The predicted octanol–water partition coefficient (Wildman–Crippen LogP) is 5.79. The first-order chi connectivity index (χ1) is 15.9. The quantitative estimate of drug-likeness (QED) is 0.438. The smallest absolute Gasteiger partial charge is 0.405 e. The summed E-state index contributed by atoms with van der Waals surface area (Å²) in [6, 6.07) is 14.9. The molecule has 2 amide bonds. The van der Waals surface area contributed by atoms with Crippen molar-refractivity contribution in [3.8, 4) is 5.75 Å². The Balaban J connectivity index is 1.71. The van der Waals surface area contributed by atoms with Crippen molar-refractivity contribution in [2.24, 2.45) is 0 Å². The van der Waals surface area contributed by atoms with Gasteiger partial charge in [0.25, 0.3) is 11.8 Å². The Hall–Kier alpha value is -4.02. The Kier molecular flexibility index (Phi) is 7.14. The second-order valence-electron chi connectivity index (χ2n) is 6.92. The van der Waals surface area contributed by atoms with Gasteiger partial charge in [-0.3, -0.25) is 9.59 Å². The van der Waals surface area contributed by atoms with Gasteiger partial charge in [-0.2, -0.15) is 13.2 Å². The highest BCUT2D eigenvalue weighted by molar-refractivity contribution is 6.06. The number of para-hydroxylation sites is 1. The van der Waals surface area contributed by atoms with Crippen LogP contribution in [-0.2, 0) is 12.7 Å². The highest BCUT2D eigenvalue weighted by Crippen LogP contribution is 2.32. The summed E-state index contributed by atoms with van der Waals surface area (Å²) >= 11 is 0. The van der Waals surface area contributed by atoms with Crippen molar-refractivity contribution in [1.29, 1.82) is 0 Å². The van der Waals surface area contributed by atoms with Crippen LogP contribution in [0.4, 0.5) is 32.0 Å². The number of halogens is 6. The van der Waals surface area contributed by atoms with E-state index in [-0.39, 0.29) is 23.4 Å². The first-order valence-corrected chi connectivity index (χ1v) is 9.63. The molecule has 2 N–H and O–H groups in total. The molecular weight excluding hydrogens is 466 g/mol. The minimum Gasteiger partial charge on any atom is -0.405 e. The van der Waals surface area contributed by atoms with E-state index < -0.39 is 41.2 Å². The van der Waals surface area contributed by atoms with Crippen molar-refractivity contribution in [3.05, 3.63) is 95.1 Å². The van der Waals surface area contributed by atoms with Gasteiger partial charge in [-0.05, 0) is 36.4 Å². The topological polar surface area (TPSA) is 67.4 Å². The van der Waals surface area contributed by atoms with E-state index in [2.05, 4.69) is 15.4 Å². The van der Waals surface area contributed by atoms with E-state index >= 15 is 0 Å². The fourth-order valence-electron chi connectivity index (χ4n) is 3.02. The molecule has 11 heteroatoms. The van der Waals surface area contributed by atoms with Crippen molar-refractivity contribution in [1.82, 2.24) is 5.32 Å². The van der Waals surface area contributed by atoms with Crippen molar-refractivity contribution >= 4 is 17.5 Å². The molecule has 0 saturated heterocycles. The molecule has 3 rings (SSSR count). The maximum absolute atomic E-state index is 13.2. The molecule has 0 fully saturated rings. The third kappa shape index (κ3) is 6.50. The van der Waals surface area contributed by atoms with Gasteiger partial charge in [0.15, 0.2) is 0 Å². The maximum Gasteiger partial charge on any atom is 0.573 e. The second-order valence-corrected chi connectivity index (χ2v) is 6.92. The summed E-state index contributed by atoms with van der Waals surface area (Å²) in [5, 5.41) is 4.75. The summed E-state index contributed by atoms with van der Waals surface area (Å²) in [5.74, 6) is -2.18. The lowest BCUT2D eigenvalue weighted by atomic mass is 10.1. The molecule has 0 aliphatic carbocycles. The van der Waals surface area contributed by atoms with Gasteiger partial charge in [-0.25, -0.2) is 0 Å². The summed E-state index contributed by atoms with van der Waals surface area (Å²) in [6.45, 7) is -0.291. The van der Waals surface area contributed by atoms with Gasteiger partial charge in [0, 0.05) is 23.4 Å². The third-order valence-corrected chi connectivity index (χ3v) is 4.50. The minimum absolute atomic E-state index is 0.0242. The molecule has 3 aromatic carbocycles. The van der Waals surface area contributed by atoms with E-state index in [0.29, 0.717) is 0 Å². The summed E-state index contributed by atoms with van der Waals surface area (Å²) in [6.07, 6.45) is -9.64. The molecule has 0 aliphatic heterocycles. The van der Waals surface area contributed by atoms with Crippen LogP contribution in [0.1, 0.15) is 31.8 Å². The molecule has 5 nitrogen and oxygen atoms in total. The molecule has 0 bridgehead atoms. The molecule has 0 heterocycles. The average Bonchev–Trinajstić information content (AvgIpc) is 2.77. The molecule has 0 atom stereocenters. The Labute approximate surface area is 189 Å². The van der Waals surface area contributed by atoms with Crippen molar-refractivity contribution in [3.63, 3.8) is 0 Å². The van der Waals surface area contributed by atoms with Crippen molar-refractivity contribution in [2.45, 2.75) is 19.1 Å². The summed E-state index contributed by atoms with van der Waals surface area (Å²) in [5.41, 5.74) is -1.56. The molecular formula is C23H16F6N2O3. The Bertz CT molecular complexity index is 1190. The number of hydrogen-bond acceptors (Lipinski definition) is 3. The predicted molar refractivity (Wildman–Crippen MR) is 110 cm³/mol. The Morgan fingerprint density at radius 3 is 2.18 bits per heavy atom. The Morgan fingerprint density at radius 2 is 1.47 bits per heavy atom. The lowest BCUT2D eigenvalue weighted by Gasteiger charge is -2.14. The van der Waals surface area contributed by atoms with Crippen molar-refractivity contribution < 1.29 is 40.7 Å². The highest BCUT2D eigenvalue weighted by atomic mass is 19.4. The van der Waals surface area contributed by atoms with Crippen LogP contribution in [-0.4, -0.2) is 18.2 Å². The summed E-state index contributed by atoms with van der Waals surface area (Å²) in [4.78, 5) is 24.9. The fourth-order valence-corrected chi connectivity index (χ4v) is 3.02. The number of alkyl halides is 6. The highest BCUT2D eigenvalue weighted by Gasteiger charge is 2.35. The summed E-state index contributed by atoms with van der Waals surface area (Å²) in [7, 11) is 0. The van der Waals surface area contributed by atoms with Crippen LogP contribution in [0.5, 0.6) is 5.75 Å². The van der Waals surface area contributed by atoms with E-state index in [9.17, 15) is 35.9 Å². The van der Waals surface area contributed by atoms with Crippen LogP contribution >= 0.6 is 0 Å².